The maximum absolute atomic E-state index is 12.0. The molecule has 0 atom stereocenters. The molecule has 1 amide bonds. The molecular formula is C24H48N2O4. The number of hydrogen-bond donors (Lipinski definition) is 2. The highest BCUT2D eigenvalue weighted by Crippen LogP contribution is 2.31. The van der Waals surface area contributed by atoms with E-state index in [2.05, 4.69) is 52.2 Å². The molecule has 0 radical (unpaired) electrons. The van der Waals surface area contributed by atoms with Gasteiger partial charge in [0, 0.05) is 13.0 Å². The van der Waals surface area contributed by atoms with Crippen LogP contribution in [0.25, 0.3) is 0 Å². The summed E-state index contributed by atoms with van der Waals surface area (Å²) in [4.78, 5) is 23.7. The van der Waals surface area contributed by atoms with Gasteiger partial charge in [-0.25, -0.2) is 4.79 Å². The van der Waals surface area contributed by atoms with Gasteiger partial charge in [0.05, 0.1) is 13.2 Å². The molecule has 6 nitrogen and oxygen atoms in total. The molecule has 0 saturated heterocycles. The zero-order chi connectivity index (χ0) is 23.0. The molecule has 0 unspecified atom stereocenters. The number of unbranched alkanes of at least 4 members (excludes halogenated alkanes) is 2. The maximum atomic E-state index is 12.0. The molecule has 0 aromatic rings. The van der Waals surface area contributed by atoms with Crippen LogP contribution in [0.2, 0.25) is 0 Å². The zero-order valence-corrected chi connectivity index (χ0v) is 20.7. The van der Waals surface area contributed by atoms with Gasteiger partial charge in [0.1, 0.15) is 0 Å². The van der Waals surface area contributed by atoms with Crippen LogP contribution in [0.15, 0.2) is 0 Å². The molecule has 30 heavy (non-hydrogen) atoms. The van der Waals surface area contributed by atoms with Crippen molar-refractivity contribution in [1.29, 1.82) is 0 Å². The van der Waals surface area contributed by atoms with Crippen molar-refractivity contribution in [2.24, 2.45) is 16.7 Å². The number of hydrogen-bond acceptors (Lipinski definition) is 5. The molecule has 6 heteroatoms. The highest BCUT2D eigenvalue weighted by Gasteiger charge is 2.22. The number of rotatable bonds is 17. The summed E-state index contributed by atoms with van der Waals surface area (Å²) in [5.74, 6) is 0.693. The second kappa shape index (κ2) is 15.5. The van der Waals surface area contributed by atoms with Crippen molar-refractivity contribution in [1.82, 2.24) is 10.6 Å². The van der Waals surface area contributed by atoms with E-state index in [0.717, 1.165) is 51.6 Å². The van der Waals surface area contributed by atoms with Crippen molar-refractivity contribution in [2.75, 3.05) is 33.4 Å². The third kappa shape index (κ3) is 15.5. The number of ether oxygens (including phenoxy) is 2. The van der Waals surface area contributed by atoms with Crippen LogP contribution < -0.4 is 10.6 Å². The lowest BCUT2D eigenvalue weighted by Crippen LogP contribution is -2.26. The van der Waals surface area contributed by atoms with E-state index in [4.69, 9.17) is 9.47 Å². The summed E-state index contributed by atoms with van der Waals surface area (Å²) in [5, 5.41) is 6.11. The van der Waals surface area contributed by atoms with Crippen LogP contribution in [-0.2, 0) is 14.3 Å². The summed E-state index contributed by atoms with van der Waals surface area (Å²) < 4.78 is 10.4. The third-order valence-electron chi connectivity index (χ3n) is 6.20. The Bertz CT molecular complexity index is 476. The molecule has 0 aliphatic rings. The lowest BCUT2D eigenvalue weighted by atomic mass is 9.77. The summed E-state index contributed by atoms with van der Waals surface area (Å²) in [6.07, 6.45) is 6.51. The third-order valence-corrected chi connectivity index (χ3v) is 6.20. The first-order valence-corrected chi connectivity index (χ1v) is 11.7. The van der Waals surface area contributed by atoms with E-state index in [1.807, 2.05) is 7.05 Å². The van der Waals surface area contributed by atoms with Gasteiger partial charge in [-0.15, -0.1) is 0 Å². The standard InChI is InChI=1S/C24H48N2O4/c1-20(2)24(5,6)13-11-18-29-22(28)30-19-15-23(3,4)14-12-21(27)26-17-10-8-9-16-25-7/h20,25H,8-19H2,1-7H3,(H,26,27). The highest BCUT2D eigenvalue weighted by molar-refractivity contribution is 5.75. The van der Waals surface area contributed by atoms with Crippen molar-refractivity contribution in [3.63, 3.8) is 0 Å². The minimum atomic E-state index is -0.593. The van der Waals surface area contributed by atoms with E-state index < -0.39 is 6.16 Å². The Morgan fingerprint density at radius 3 is 2.10 bits per heavy atom. The van der Waals surface area contributed by atoms with Gasteiger partial charge in [-0.2, -0.15) is 0 Å². The Kier molecular flexibility index (Phi) is 14.8. The van der Waals surface area contributed by atoms with Gasteiger partial charge in [-0.1, -0.05) is 48.0 Å². The Labute approximate surface area is 185 Å². The van der Waals surface area contributed by atoms with Crippen LogP contribution in [0.5, 0.6) is 0 Å². The van der Waals surface area contributed by atoms with Crippen LogP contribution in [0, 0.1) is 16.7 Å². The van der Waals surface area contributed by atoms with E-state index in [1.54, 1.807) is 0 Å². The van der Waals surface area contributed by atoms with Gasteiger partial charge in [0.15, 0.2) is 0 Å². The van der Waals surface area contributed by atoms with Crippen molar-refractivity contribution in [3.05, 3.63) is 0 Å². The van der Waals surface area contributed by atoms with E-state index in [0.29, 0.717) is 32.0 Å². The smallest absolute Gasteiger partial charge is 0.434 e. The number of nitrogens with one attached hydrogen (secondary N) is 2. The Balaban J connectivity index is 3.82. The predicted molar refractivity (Wildman–Crippen MR) is 124 cm³/mol. The zero-order valence-electron chi connectivity index (χ0n) is 20.7. The minimum Gasteiger partial charge on any atom is -0.434 e. The minimum absolute atomic E-state index is 0.0638. The summed E-state index contributed by atoms with van der Waals surface area (Å²) in [7, 11) is 1.95. The topological polar surface area (TPSA) is 76.7 Å². The fourth-order valence-corrected chi connectivity index (χ4v) is 2.92. The largest absolute Gasteiger partial charge is 0.508 e. The van der Waals surface area contributed by atoms with E-state index >= 15 is 0 Å². The summed E-state index contributed by atoms with van der Waals surface area (Å²) >= 11 is 0. The molecule has 0 fully saturated rings. The van der Waals surface area contributed by atoms with Gasteiger partial charge >= 0.3 is 6.16 Å². The van der Waals surface area contributed by atoms with Crippen LogP contribution in [0.4, 0.5) is 4.79 Å². The van der Waals surface area contributed by atoms with Gasteiger partial charge < -0.3 is 20.1 Å². The Morgan fingerprint density at radius 2 is 1.47 bits per heavy atom. The van der Waals surface area contributed by atoms with Gasteiger partial charge in [-0.05, 0) is 68.9 Å². The summed E-state index contributed by atoms with van der Waals surface area (Å²) in [6.45, 7) is 15.6. The molecule has 0 aromatic carbocycles. The molecule has 0 rings (SSSR count). The molecule has 0 spiro atoms. The molecule has 0 aromatic heterocycles. The van der Waals surface area contributed by atoms with E-state index in [1.165, 1.54) is 0 Å². The first-order valence-electron chi connectivity index (χ1n) is 11.7. The molecular weight excluding hydrogens is 380 g/mol. The SMILES string of the molecule is CNCCCCCNC(=O)CCC(C)(C)CCOC(=O)OCCCC(C)(C)C(C)C. The van der Waals surface area contributed by atoms with E-state index in [-0.39, 0.29) is 16.7 Å². The van der Waals surface area contributed by atoms with Crippen molar-refractivity contribution >= 4 is 12.1 Å². The van der Waals surface area contributed by atoms with E-state index in [9.17, 15) is 9.59 Å². The second-order valence-electron chi connectivity index (χ2n) is 10.1. The quantitative estimate of drug-likeness (QED) is 0.243. The number of carbonyl (C=O) groups excluding carboxylic acids is 2. The number of carbonyl (C=O) groups is 2. The van der Waals surface area contributed by atoms with Gasteiger partial charge in [-0.3, -0.25) is 4.79 Å². The Morgan fingerprint density at radius 1 is 0.833 bits per heavy atom. The first-order chi connectivity index (χ1) is 14.0. The predicted octanol–water partition coefficient (Wildman–Crippen LogP) is 5.30. The fraction of sp³-hybridized carbons (Fsp3) is 0.917. The second-order valence-corrected chi connectivity index (χ2v) is 10.1. The molecule has 0 aliphatic carbocycles. The van der Waals surface area contributed by atoms with Crippen molar-refractivity contribution < 1.29 is 19.1 Å². The average Bonchev–Trinajstić information content (AvgIpc) is 2.66. The lowest BCUT2D eigenvalue weighted by molar-refractivity contribution is -0.121. The molecule has 0 heterocycles. The average molecular weight is 429 g/mol. The van der Waals surface area contributed by atoms with Crippen molar-refractivity contribution in [2.45, 2.75) is 92.9 Å². The monoisotopic (exact) mass is 428 g/mol. The van der Waals surface area contributed by atoms with Crippen LogP contribution >= 0.6 is 0 Å². The normalized spacial score (nSPS) is 12.1. The lowest BCUT2D eigenvalue weighted by Gasteiger charge is -2.29. The van der Waals surface area contributed by atoms with Gasteiger partial charge in [0.25, 0.3) is 0 Å². The molecule has 0 aliphatic heterocycles. The maximum Gasteiger partial charge on any atom is 0.508 e. The summed E-state index contributed by atoms with van der Waals surface area (Å²) in [6, 6.07) is 0. The molecule has 2 N–H and O–H groups in total. The van der Waals surface area contributed by atoms with Crippen molar-refractivity contribution in [3.8, 4) is 0 Å². The summed E-state index contributed by atoms with van der Waals surface area (Å²) in [5.41, 5.74) is 0.182. The molecule has 0 bridgehead atoms. The fourth-order valence-electron chi connectivity index (χ4n) is 2.92. The number of amides is 1. The van der Waals surface area contributed by atoms with Crippen LogP contribution in [-0.4, -0.2) is 45.4 Å². The Hall–Kier alpha value is -1.30. The molecule has 0 saturated carbocycles. The highest BCUT2D eigenvalue weighted by atomic mass is 16.7. The first kappa shape index (κ1) is 28.7. The van der Waals surface area contributed by atoms with Crippen LogP contribution in [0.3, 0.4) is 0 Å². The van der Waals surface area contributed by atoms with Crippen LogP contribution in [0.1, 0.15) is 92.9 Å². The molecule has 178 valence electrons. The van der Waals surface area contributed by atoms with Gasteiger partial charge in [0.2, 0.25) is 5.91 Å².